The van der Waals surface area contributed by atoms with Crippen molar-refractivity contribution in [2.75, 3.05) is 6.61 Å². The van der Waals surface area contributed by atoms with Crippen molar-refractivity contribution in [3.05, 3.63) is 0 Å². The first-order valence-electron chi connectivity index (χ1n) is 2.22. The van der Waals surface area contributed by atoms with Gasteiger partial charge < -0.3 is 0 Å². The number of hydrogen-bond donors (Lipinski definition) is 0. The summed E-state index contributed by atoms with van der Waals surface area (Å²) < 4.78 is 0. The van der Waals surface area contributed by atoms with Crippen LogP contribution in [0.15, 0.2) is 0 Å². The van der Waals surface area contributed by atoms with Gasteiger partial charge in [-0.3, -0.25) is 4.84 Å². The molecule has 6 heavy (non-hydrogen) atoms. The molecule has 1 atom stereocenters. The van der Waals surface area contributed by atoms with Crippen molar-refractivity contribution in [1.82, 2.24) is 5.48 Å². The van der Waals surface area contributed by atoms with E-state index in [9.17, 15) is 0 Å². The highest BCUT2D eigenvalue weighted by atomic mass is 16.7. The zero-order valence-electron chi connectivity index (χ0n) is 3.85. The molecule has 0 bridgehead atoms. The molecule has 1 fully saturated rings. The highest BCUT2D eigenvalue weighted by Crippen LogP contribution is 1.99. The Bertz CT molecular complexity index is 40.8. The third kappa shape index (κ3) is 0.698. The van der Waals surface area contributed by atoms with E-state index >= 15 is 0 Å². The van der Waals surface area contributed by atoms with Crippen LogP contribution in [0, 0.1) is 0 Å². The molecule has 1 aliphatic rings. The number of rotatable bonds is 0. The molecule has 0 aromatic rings. The summed E-state index contributed by atoms with van der Waals surface area (Å²) in [6, 6.07) is 0.449. The maximum atomic E-state index is 4.68. The molecular formula is C4H8NO. The second-order valence-electron chi connectivity index (χ2n) is 1.58. The molecule has 2 heteroatoms. The van der Waals surface area contributed by atoms with E-state index in [1.54, 1.807) is 0 Å². The van der Waals surface area contributed by atoms with Crippen LogP contribution in [0.3, 0.4) is 0 Å². The zero-order valence-corrected chi connectivity index (χ0v) is 3.85. The first kappa shape index (κ1) is 4.09. The minimum absolute atomic E-state index is 0.449. The Morgan fingerprint density at radius 1 is 1.83 bits per heavy atom. The normalized spacial score (nSPS) is 34.5. The van der Waals surface area contributed by atoms with Crippen molar-refractivity contribution >= 4 is 0 Å². The van der Waals surface area contributed by atoms with Crippen LogP contribution >= 0.6 is 0 Å². The van der Waals surface area contributed by atoms with Crippen molar-refractivity contribution in [3.8, 4) is 0 Å². The Hall–Kier alpha value is -0.0800. The van der Waals surface area contributed by atoms with E-state index in [1.807, 2.05) is 6.92 Å². The van der Waals surface area contributed by atoms with Crippen LogP contribution in [0.1, 0.15) is 13.3 Å². The largest absolute Gasteiger partial charge is 0.282 e. The van der Waals surface area contributed by atoms with E-state index in [-0.39, 0.29) is 0 Å². The summed E-state index contributed by atoms with van der Waals surface area (Å²) >= 11 is 0. The van der Waals surface area contributed by atoms with Crippen molar-refractivity contribution in [1.29, 1.82) is 0 Å². The van der Waals surface area contributed by atoms with Gasteiger partial charge in [-0.1, -0.05) is 5.48 Å². The monoisotopic (exact) mass is 86.1 g/mol. The first-order chi connectivity index (χ1) is 2.89. The third-order valence-electron chi connectivity index (χ3n) is 0.881. The van der Waals surface area contributed by atoms with Crippen molar-refractivity contribution < 1.29 is 4.84 Å². The average Bonchev–Trinajstić information content (AvgIpc) is 1.86. The molecule has 0 amide bonds. The van der Waals surface area contributed by atoms with Crippen LogP contribution in [-0.2, 0) is 4.84 Å². The molecule has 0 saturated carbocycles. The zero-order chi connectivity index (χ0) is 4.41. The molecule has 1 unspecified atom stereocenters. The molecule has 0 spiro atoms. The molecule has 1 radical (unpaired) electrons. The summed E-state index contributed by atoms with van der Waals surface area (Å²) in [6.07, 6.45) is 1.10. The van der Waals surface area contributed by atoms with E-state index in [0.29, 0.717) is 6.04 Å². The summed E-state index contributed by atoms with van der Waals surface area (Å²) in [6.45, 7) is 2.87. The predicted octanol–water partition coefficient (Wildman–Crippen LogP) is 0.315. The Balaban J connectivity index is 2.18. The van der Waals surface area contributed by atoms with Crippen molar-refractivity contribution in [2.45, 2.75) is 19.4 Å². The Kier molecular flexibility index (Phi) is 1.08. The molecule has 1 rings (SSSR count). The van der Waals surface area contributed by atoms with Gasteiger partial charge in [-0.05, 0) is 13.3 Å². The SMILES string of the molecule is CC1CCO[N]1. The molecule has 0 aliphatic carbocycles. The topological polar surface area (TPSA) is 23.3 Å². The first-order valence-corrected chi connectivity index (χ1v) is 2.22. The van der Waals surface area contributed by atoms with Crippen molar-refractivity contribution in [3.63, 3.8) is 0 Å². The van der Waals surface area contributed by atoms with E-state index in [4.69, 9.17) is 0 Å². The average molecular weight is 86.1 g/mol. The number of nitrogens with zero attached hydrogens (tertiary/aromatic N) is 1. The van der Waals surface area contributed by atoms with Gasteiger partial charge in [0.05, 0.1) is 12.6 Å². The summed E-state index contributed by atoms with van der Waals surface area (Å²) in [5.41, 5.74) is 3.74. The van der Waals surface area contributed by atoms with E-state index in [2.05, 4.69) is 10.3 Å². The van der Waals surface area contributed by atoms with Crippen LogP contribution in [-0.4, -0.2) is 12.6 Å². The molecule has 1 saturated heterocycles. The molecule has 1 aliphatic heterocycles. The van der Waals surface area contributed by atoms with Gasteiger partial charge in [0.25, 0.3) is 0 Å². The summed E-state index contributed by atoms with van der Waals surface area (Å²) in [5.74, 6) is 0. The maximum absolute atomic E-state index is 4.68. The lowest BCUT2D eigenvalue weighted by Crippen LogP contribution is -2.05. The Morgan fingerprint density at radius 3 is 2.83 bits per heavy atom. The van der Waals surface area contributed by atoms with Crippen LogP contribution in [0.5, 0.6) is 0 Å². The van der Waals surface area contributed by atoms with Crippen LogP contribution < -0.4 is 5.48 Å². The second-order valence-corrected chi connectivity index (χ2v) is 1.58. The fourth-order valence-corrected chi connectivity index (χ4v) is 0.456. The molecule has 0 aromatic heterocycles. The predicted molar refractivity (Wildman–Crippen MR) is 22.2 cm³/mol. The molecular weight excluding hydrogens is 78.0 g/mol. The van der Waals surface area contributed by atoms with Crippen LogP contribution in [0.25, 0.3) is 0 Å². The second kappa shape index (κ2) is 1.58. The molecule has 2 nitrogen and oxygen atoms in total. The summed E-state index contributed by atoms with van der Waals surface area (Å²) in [7, 11) is 0. The molecule has 0 N–H and O–H groups in total. The quantitative estimate of drug-likeness (QED) is 0.416. The third-order valence-corrected chi connectivity index (χ3v) is 0.881. The molecule has 1 heterocycles. The lowest BCUT2D eigenvalue weighted by molar-refractivity contribution is 0.0820. The minimum atomic E-state index is 0.449. The van der Waals surface area contributed by atoms with Gasteiger partial charge >= 0.3 is 0 Å². The summed E-state index contributed by atoms with van der Waals surface area (Å²) in [4.78, 5) is 4.68. The lowest BCUT2D eigenvalue weighted by Gasteiger charge is -1.88. The minimum Gasteiger partial charge on any atom is -0.282 e. The smallest absolute Gasteiger partial charge is 0.0719 e. The highest BCUT2D eigenvalue weighted by Gasteiger charge is 2.09. The van der Waals surface area contributed by atoms with Gasteiger partial charge in [0.15, 0.2) is 0 Å². The standard InChI is InChI=1S/C4H8NO/c1-4-2-3-6-5-4/h4H,2-3H2,1H3. The van der Waals surface area contributed by atoms with Crippen LogP contribution in [0.2, 0.25) is 0 Å². The Morgan fingerprint density at radius 2 is 2.67 bits per heavy atom. The van der Waals surface area contributed by atoms with E-state index in [1.165, 1.54) is 0 Å². The van der Waals surface area contributed by atoms with Gasteiger partial charge in [0, 0.05) is 0 Å². The van der Waals surface area contributed by atoms with Crippen LogP contribution in [0.4, 0.5) is 0 Å². The highest BCUT2D eigenvalue weighted by molar-refractivity contribution is 4.56. The molecule has 0 aromatic carbocycles. The van der Waals surface area contributed by atoms with Crippen molar-refractivity contribution in [2.24, 2.45) is 0 Å². The Labute approximate surface area is 37.4 Å². The molecule has 35 valence electrons. The van der Waals surface area contributed by atoms with E-state index < -0.39 is 0 Å². The number of hydrogen-bond acceptors (Lipinski definition) is 1. The fraction of sp³-hybridized carbons (Fsp3) is 1.00. The lowest BCUT2D eigenvalue weighted by atomic mass is 10.3. The maximum Gasteiger partial charge on any atom is 0.0719 e. The van der Waals surface area contributed by atoms with Gasteiger partial charge in [0.2, 0.25) is 0 Å². The van der Waals surface area contributed by atoms with Gasteiger partial charge in [-0.15, -0.1) is 0 Å². The number of hydroxylamine groups is 1. The summed E-state index contributed by atoms with van der Waals surface area (Å²) in [5, 5.41) is 0. The van der Waals surface area contributed by atoms with Gasteiger partial charge in [0.1, 0.15) is 0 Å². The van der Waals surface area contributed by atoms with Gasteiger partial charge in [-0.2, -0.15) is 0 Å². The van der Waals surface area contributed by atoms with E-state index in [0.717, 1.165) is 13.0 Å². The van der Waals surface area contributed by atoms with Gasteiger partial charge in [-0.25, -0.2) is 0 Å². The fourth-order valence-electron chi connectivity index (χ4n) is 0.456.